The first kappa shape index (κ1) is 10.4. The van der Waals surface area contributed by atoms with Crippen molar-refractivity contribution in [2.75, 3.05) is 6.54 Å². The first-order valence-electron chi connectivity index (χ1n) is 4.16. The zero-order chi connectivity index (χ0) is 8.69. The lowest BCUT2D eigenvalue weighted by Crippen LogP contribution is -2.24. The van der Waals surface area contributed by atoms with Crippen LogP contribution in [-0.2, 0) is 4.79 Å². The van der Waals surface area contributed by atoms with E-state index in [1.807, 2.05) is 0 Å². The predicted octanol–water partition coefficient (Wildman–Crippen LogP) is 0.640. The van der Waals surface area contributed by atoms with Gasteiger partial charge in [-0.2, -0.15) is 0 Å². The molecule has 0 aliphatic rings. The van der Waals surface area contributed by atoms with Gasteiger partial charge in [0.25, 0.3) is 0 Å². The van der Waals surface area contributed by atoms with Gasteiger partial charge in [-0.1, -0.05) is 6.92 Å². The quantitative estimate of drug-likeness (QED) is 0.577. The summed E-state index contributed by atoms with van der Waals surface area (Å²) in [5, 5.41) is 2.73. The van der Waals surface area contributed by atoms with Crippen molar-refractivity contribution >= 4 is 5.91 Å². The lowest BCUT2D eigenvalue weighted by Gasteiger charge is -2.07. The summed E-state index contributed by atoms with van der Waals surface area (Å²) >= 11 is 0. The maximum atomic E-state index is 10.4. The summed E-state index contributed by atoms with van der Waals surface area (Å²) in [6.07, 6.45) is 2.99. The molecule has 0 spiro atoms. The summed E-state index contributed by atoms with van der Waals surface area (Å²) in [6.45, 7) is 4.35. The van der Waals surface area contributed by atoms with Crippen molar-refractivity contribution in [3.63, 3.8) is 0 Å². The number of carbonyl (C=O) groups excluding carboxylic acids is 1. The summed E-state index contributed by atoms with van der Waals surface area (Å²) in [6, 6.07) is 0.295. The van der Waals surface area contributed by atoms with Gasteiger partial charge in [0.15, 0.2) is 0 Å². The molecule has 3 N–H and O–H groups in total. The molecule has 0 fully saturated rings. The Kier molecular flexibility index (Phi) is 5.84. The summed E-state index contributed by atoms with van der Waals surface area (Å²) in [7, 11) is 0. The monoisotopic (exact) mass is 158 g/mol. The zero-order valence-electron chi connectivity index (χ0n) is 7.39. The van der Waals surface area contributed by atoms with Gasteiger partial charge in [-0.25, -0.2) is 0 Å². The summed E-state index contributed by atoms with van der Waals surface area (Å²) < 4.78 is 0. The van der Waals surface area contributed by atoms with Gasteiger partial charge in [0.05, 0.1) is 0 Å². The number of carbonyl (C=O) groups is 1. The van der Waals surface area contributed by atoms with Crippen LogP contribution in [-0.4, -0.2) is 18.5 Å². The fraction of sp³-hybridized carbons (Fsp3) is 0.875. The second-order valence-corrected chi connectivity index (χ2v) is 2.79. The molecule has 0 heterocycles. The van der Waals surface area contributed by atoms with E-state index in [2.05, 4.69) is 12.2 Å². The molecule has 0 aromatic carbocycles. The highest BCUT2D eigenvalue weighted by Crippen LogP contribution is 1.96. The van der Waals surface area contributed by atoms with E-state index >= 15 is 0 Å². The van der Waals surface area contributed by atoms with Gasteiger partial charge in [0, 0.05) is 19.5 Å². The molecule has 1 atom stereocenters. The minimum absolute atomic E-state index is 0.0371. The summed E-state index contributed by atoms with van der Waals surface area (Å²) in [5.41, 5.74) is 5.68. The lowest BCUT2D eigenvalue weighted by molar-refractivity contribution is -0.118. The van der Waals surface area contributed by atoms with Gasteiger partial charge in [0.1, 0.15) is 0 Å². The number of nitrogens with one attached hydrogen (secondary N) is 1. The Hall–Kier alpha value is -0.570. The third kappa shape index (κ3) is 7.33. The first-order chi connectivity index (χ1) is 5.16. The van der Waals surface area contributed by atoms with Crippen molar-refractivity contribution in [1.29, 1.82) is 0 Å². The van der Waals surface area contributed by atoms with Crippen LogP contribution in [0.2, 0.25) is 0 Å². The molecule has 3 nitrogen and oxygen atoms in total. The summed E-state index contributed by atoms with van der Waals surface area (Å²) in [4.78, 5) is 10.4. The molecule has 0 rings (SSSR count). The number of rotatable bonds is 5. The maximum absolute atomic E-state index is 10.4. The van der Waals surface area contributed by atoms with Crippen LogP contribution in [0.5, 0.6) is 0 Å². The van der Waals surface area contributed by atoms with Gasteiger partial charge in [-0.3, -0.25) is 4.79 Å². The van der Waals surface area contributed by atoms with Crippen molar-refractivity contribution < 1.29 is 4.79 Å². The Morgan fingerprint density at radius 1 is 1.64 bits per heavy atom. The van der Waals surface area contributed by atoms with Crippen LogP contribution in [0.1, 0.15) is 33.1 Å². The van der Waals surface area contributed by atoms with E-state index in [-0.39, 0.29) is 5.91 Å². The molecule has 1 amide bonds. The van der Waals surface area contributed by atoms with Crippen LogP contribution < -0.4 is 11.1 Å². The number of hydrogen-bond donors (Lipinski definition) is 2. The van der Waals surface area contributed by atoms with E-state index in [0.29, 0.717) is 6.04 Å². The Labute approximate surface area is 68.3 Å². The fourth-order valence-electron chi connectivity index (χ4n) is 0.833. The van der Waals surface area contributed by atoms with Gasteiger partial charge < -0.3 is 11.1 Å². The molecule has 66 valence electrons. The van der Waals surface area contributed by atoms with Crippen molar-refractivity contribution in [2.45, 2.75) is 39.2 Å². The minimum atomic E-state index is 0.0371. The minimum Gasteiger partial charge on any atom is -0.356 e. The number of nitrogens with two attached hydrogens (primary N) is 1. The van der Waals surface area contributed by atoms with E-state index in [1.54, 1.807) is 0 Å². The number of hydrogen-bond acceptors (Lipinski definition) is 2. The highest BCUT2D eigenvalue weighted by atomic mass is 16.1. The van der Waals surface area contributed by atoms with E-state index in [4.69, 9.17) is 5.73 Å². The van der Waals surface area contributed by atoms with E-state index in [1.165, 1.54) is 6.92 Å². The first-order valence-corrected chi connectivity index (χ1v) is 4.16. The molecule has 0 aliphatic carbocycles. The Bertz CT molecular complexity index is 115. The third-order valence-corrected chi connectivity index (χ3v) is 1.65. The SMILES string of the molecule is CCC(N)CCCNC(C)=O. The van der Waals surface area contributed by atoms with Crippen LogP contribution in [0.3, 0.4) is 0 Å². The van der Waals surface area contributed by atoms with E-state index in [9.17, 15) is 4.79 Å². The molecule has 0 aromatic heterocycles. The second kappa shape index (κ2) is 6.16. The van der Waals surface area contributed by atoms with Gasteiger partial charge in [-0.05, 0) is 19.3 Å². The molecule has 0 saturated heterocycles. The summed E-state index contributed by atoms with van der Waals surface area (Å²) in [5.74, 6) is 0.0371. The molecular weight excluding hydrogens is 140 g/mol. The molecule has 0 radical (unpaired) electrons. The molecule has 3 heteroatoms. The topological polar surface area (TPSA) is 55.1 Å². The maximum Gasteiger partial charge on any atom is 0.216 e. The van der Waals surface area contributed by atoms with Crippen molar-refractivity contribution in [2.24, 2.45) is 5.73 Å². The van der Waals surface area contributed by atoms with Crippen LogP contribution in [0, 0.1) is 0 Å². The molecule has 1 unspecified atom stereocenters. The predicted molar refractivity (Wildman–Crippen MR) is 46.2 cm³/mol. The van der Waals surface area contributed by atoms with Crippen LogP contribution >= 0.6 is 0 Å². The highest BCUT2D eigenvalue weighted by Gasteiger charge is 1.97. The van der Waals surface area contributed by atoms with E-state index < -0.39 is 0 Å². The third-order valence-electron chi connectivity index (χ3n) is 1.65. The smallest absolute Gasteiger partial charge is 0.216 e. The van der Waals surface area contributed by atoms with Crippen molar-refractivity contribution in [3.8, 4) is 0 Å². The molecular formula is C8H18N2O. The van der Waals surface area contributed by atoms with E-state index in [0.717, 1.165) is 25.8 Å². The van der Waals surface area contributed by atoms with Gasteiger partial charge in [-0.15, -0.1) is 0 Å². The highest BCUT2D eigenvalue weighted by molar-refractivity contribution is 5.72. The van der Waals surface area contributed by atoms with Crippen molar-refractivity contribution in [3.05, 3.63) is 0 Å². The number of amides is 1. The molecule has 0 saturated carbocycles. The van der Waals surface area contributed by atoms with Crippen LogP contribution in [0.4, 0.5) is 0 Å². The Morgan fingerprint density at radius 2 is 2.27 bits per heavy atom. The molecule has 0 aliphatic heterocycles. The van der Waals surface area contributed by atoms with Gasteiger partial charge >= 0.3 is 0 Å². The largest absolute Gasteiger partial charge is 0.356 e. The molecule has 11 heavy (non-hydrogen) atoms. The fourth-order valence-corrected chi connectivity index (χ4v) is 0.833. The van der Waals surface area contributed by atoms with Crippen LogP contribution in [0.25, 0.3) is 0 Å². The Morgan fingerprint density at radius 3 is 2.73 bits per heavy atom. The molecule has 0 bridgehead atoms. The van der Waals surface area contributed by atoms with Gasteiger partial charge in [0.2, 0.25) is 5.91 Å². The lowest BCUT2D eigenvalue weighted by atomic mass is 10.1. The Balaban J connectivity index is 3.08. The van der Waals surface area contributed by atoms with Crippen LogP contribution in [0.15, 0.2) is 0 Å². The average molecular weight is 158 g/mol. The average Bonchev–Trinajstić information content (AvgIpc) is 1.97. The normalized spacial score (nSPS) is 12.6. The van der Waals surface area contributed by atoms with Crippen molar-refractivity contribution in [1.82, 2.24) is 5.32 Å². The standard InChI is InChI=1S/C8H18N2O/c1-3-8(9)5-4-6-10-7(2)11/h8H,3-6,9H2,1-2H3,(H,10,11). The zero-order valence-corrected chi connectivity index (χ0v) is 7.39. The second-order valence-electron chi connectivity index (χ2n) is 2.79. The molecule has 0 aromatic rings.